The van der Waals surface area contributed by atoms with Gasteiger partial charge < -0.3 is 14.9 Å². The molecule has 2 aliphatic rings. The Morgan fingerprint density at radius 1 is 1.18 bits per heavy atom. The highest BCUT2D eigenvalue weighted by Crippen LogP contribution is 2.20. The number of hydrogen-bond donors (Lipinski definition) is 1. The Balaban J connectivity index is 1.74. The number of carbonyl (C=O) groups is 2. The molecular weight excluding hydrogens is 282 g/mol. The predicted octanol–water partition coefficient (Wildman–Crippen LogP) is 0.160. The van der Waals surface area contributed by atoms with Crippen molar-refractivity contribution in [3.63, 3.8) is 0 Å². The number of β-amino-alcohol motifs (C(OH)–C–C–N with tert-alkyl or cyclic N) is 1. The summed E-state index contributed by atoms with van der Waals surface area (Å²) < 4.78 is 0. The average Bonchev–Trinajstić information content (AvgIpc) is 2.84. The van der Waals surface area contributed by atoms with E-state index in [1.807, 2.05) is 25.7 Å². The Labute approximate surface area is 133 Å². The first-order chi connectivity index (χ1) is 10.3. The van der Waals surface area contributed by atoms with Crippen molar-refractivity contribution >= 4 is 11.8 Å². The lowest BCUT2D eigenvalue weighted by Crippen LogP contribution is -2.53. The van der Waals surface area contributed by atoms with Crippen LogP contribution in [0.5, 0.6) is 0 Å². The van der Waals surface area contributed by atoms with Crippen LogP contribution in [-0.2, 0) is 9.59 Å². The number of amides is 2. The topological polar surface area (TPSA) is 64.1 Å². The minimum atomic E-state index is -0.364. The highest BCUT2D eigenvalue weighted by molar-refractivity contribution is 5.85. The molecule has 0 aromatic heterocycles. The fraction of sp³-hybridized carbons (Fsp3) is 0.875. The molecular formula is C16H29N3O3. The first kappa shape index (κ1) is 17.2. The van der Waals surface area contributed by atoms with Crippen LogP contribution < -0.4 is 0 Å². The maximum atomic E-state index is 12.3. The molecule has 1 atom stereocenters. The largest absolute Gasteiger partial charge is 0.391 e. The van der Waals surface area contributed by atoms with E-state index < -0.39 is 0 Å². The van der Waals surface area contributed by atoms with Crippen molar-refractivity contribution in [3.8, 4) is 0 Å². The van der Waals surface area contributed by atoms with E-state index in [-0.39, 0.29) is 29.9 Å². The Kier molecular flexibility index (Phi) is 5.45. The Morgan fingerprint density at radius 3 is 2.32 bits per heavy atom. The zero-order chi connectivity index (χ0) is 16.3. The van der Waals surface area contributed by atoms with Gasteiger partial charge in [-0.25, -0.2) is 0 Å². The molecule has 6 heteroatoms. The van der Waals surface area contributed by atoms with E-state index in [4.69, 9.17) is 0 Å². The van der Waals surface area contributed by atoms with Crippen LogP contribution in [0, 0.1) is 5.41 Å². The predicted molar refractivity (Wildman–Crippen MR) is 84.3 cm³/mol. The van der Waals surface area contributed by atoms with Gasteiger partial charge >= 0.3 is 0 Å². The summed E-state index contributed by atoms with van der Waals surface area (Å²) in [5, 5.41) is 10.2. The summed E-state index contributed by atoms with van der Waals surface area (Å²) in [6.45, 7) is 10.6. The van der Waals surface area contributed by atoms with Crippen molar-refractivity contribution in [1.82, 2.24) is 14.7 Å². The van der Waals surface area contributed by atoms with Crippen molar-refractivity contribution in [2.45, 2.75) is 39.7 Å². The minimum Gasteiger partial charge on any atom is -0.391 e. The van der Waals surface area contributed by atoms with Crippen LogP contribution in [0.15, 0.2) is 0 Å². The molecule has 0 bridgehead atoms. The zero-order valence-corrected chi connectivity index (χ0v) is 14.0. The van der Waals surface area contributed by atoms with Gasteiger partial charge in [-0.2, -0.15) is 0 Å². The third-order valence-corrected chi connectivity index (χ3v) is 4.65. The number of nitrogens with zero attached hydrogens (tertiary/aromatic N) is 3. The second kappa shape index (κ2) is 6.96. The summed E-state index contributed by atoms with van der Waals surface area (Å²) in [6.07, 6.45) is 1.08. The molecule has 0 saturated carbocycles. The van der Waals surface area contributed by atoms with Gasteiger partial charge in [0.2, 0.25) is 11.8 Å². The van der Waals surface area contributed by atoms with E-state index in [1.54, 1.807) is 4.90 Å². The van der Waals surface area contributed by atoms with E-state index in [9.17, 15) is 14.7 Å². The van der Waals surface area contributed by atoms with Crippen molar-refractivity contribution in [1.29, 1.82) is 0 Å². The standard InChI is InChI=1S/C16H29N3O3/c1-16(2,3)13(20)11-17-7-9-18(10-8-17)15(22)12-19-6-4-5-14(19)21/h13,20H,4-12H2,1-3H3/t13-/m0/s1. The maximum absolute atomic E-state index is 12.3. The summed E-state index contributed by atoms with van der Waals surface area (Å²) >= 11 is 0. The van der Waals surface area contributed by atoms with Crippen molar-refractivity contribution in [2.75, 3.05) is 45.8 Å². The van der Waals surface area contributed by atoms with Crippen LogP contribution in [0.1, 0.15) is 33.6 Å². The summed E-state index contributed by atoms with van der Waals surface area (Å²) in [5.74, 6) is 0.145. The highest BCUT2D eigenvalue weighted by Gasteiger charge is 2.29. The van der Waals surface area contributed by atoms with Crippen LogP contribution in [-0.4, -0.2) is 83.5 Å². The molecule has 6 nitrogen and oxygen atoms in total. The molecule has 2 saturated heterocycles. The quantitative estimate of drug-likeness (QED) is 0.803. The highest BCUT2D eigenvalue weighted by atomic mass is 16.3. The minimum absolute atomic E-state index is 0.0475. The normalized spacial score (nSPS) is 22.3. The van der Waals surface area contributed by atoms with Gasteiger partial charge in [0.15, 0.2) is 0 Å². The molecule has 0 unspecified atom stereocenters. The van der Waals surface area contributed by atoms with Crippen LogP contribution in [0.4, 0.5) is 0 Å². The van der Waals surface area contributed by atoms with E-state index in [0.29, 0.717) is 32.6 Å². The number of likely N-dealkylation sites (tertiary alicyclic amines) is 1. The Hall–Kier alpha value is -1.14. The molecule has 1 N–H and O–H groups in total. The number of rotatable bonds is 4. The molecule has 22 heavy (non-hydrogen) atoms. The van der Waals surface area contributed by atoms with Crippen molar-refractivity contribution in [3.05, 3.63) is 0 Å². The van der Waals surface area contributed by atoms with Crippen molar-refractivity contribution in [2.24, 2.45) is 5.41 Å². The average molecular weight is 311 g/mol. The summed E-state index contributed by atoms with van der Waals surface area (Å²) in [5.41, 5.74) is -0.122. The SMILES string of the molecule is CC(C)(C)[C@@H](O)CN1CCN(C(=O)CN2CCCC2=O)CC1. The fourth-order valence-corrected chi connectivity index (χ4v) is 2.83. The van der Waals surface area contributed by atoms with Gasteiger partial charge in [-0.3, -0.25) is 14.5 Å². The molecule has 2 amide bonds. The number of hydrogen-bond acceptors (Lipinski definition) is 4. The van der Waals surface area contributed by atoms with Gasteiger partial charge in [-0.15, -0.1) is 0 Å². The molecule has 0 spiro atoms. The second-order valence-corrected chi connectivity index (χ2v) is 7.48. The molecule has 126 valence electrons. The number of aliphatic hydroxyl groups is 1. The summed E-state index contributed by atoms with van der Waals surface area (Å²) in [4.78, 5) is 29.5. The van der Waals surface area contributed by atoms with Gasteiger partial charge in [-0.05, 0) is 11.8 Å². The monoisotopic (exact) mass is 311 g/mol. The van der Waals surface area contributed by atoms with Crippen LogP contribution in [0.2, 0.25) is 0 Å². The Bertz CT molecular complexity index is 411. The van der Waals surface area contributed by atoms with Gasteiger partial charge in [0.1, 0.15) is 0 Å². The zero-order valence-electron chi connectivity index (χ0n) is 14.0. The third-order valence-electron chi connectivity index (χ3n) is 4.65. The van der Waals surface area contributed by atoms with Crippen LogP contribution in [0.3, 0.4) is 0 Å². The fourth-order valence-electron chi connectivity index (χ4n) is 2.83. The van der Waals surface area contributed by atoms with Crippen molar-refractivity contribution < 1.29 is 14.7 Å². The van der Waals surface area contributed by atoms with E-state index in [1.165, 1.54) is 0 Å². The number of piperazine rings is 1. The maximum Gasteiger partial charge on any atom is 0.242 e. The molecule has 2 rings (SSSR count). The van der Waals surface area contributed by atoms with Gasteiger partial charge in [0.25, 0.3) is 0 Å². The lowest BCUT2D eigenvalue weighted by atomic mass is 9.89. The number of aliphatic hydroxyl groups excluding tert-OH is 1. The van der Waals surface area contributed by atoms with E-state index in [0.717, 1.165) is 19.5 Å². The lowest BCUT2D eigenvalue weighted by molar-refractivity contribution is -0.139. The second-order valence-electron chi connectivity index (χ2n) is 7.48. The first-order valence-corrected chi connectivity index (χ1v) is 8.23. The third kappa shape index (κ3) is 4.43. The molecule has 2 aliphatic heterocycles. The van der Waals surface area contributed by atoms with Gasteiger partial charge in [0.05, 0.1) is 12.6 Å². The molecule has 2 heterocycles. The molecule has 0 aliphatic carbocycles. The lowest BCUT2D eigenvalue weighted by Gasteiger charge is -2.38. The molecule has 0 aromatic carbocycles. The smallest absolute Gasteiger partial charge is 0.242 e. The van der Waals surface area contributed by atoms with Crippen LogP contribution in [0.25, 0.3) is 0 Å². The number of carbonyl (C=O) groups excluding carboxylic acids is 2. The van der Waals surface area contributed by atoms with E-state index in [2.05, 4.69) is 4.90 Å². The van der Waals surface area contributed by atoms with Gasteiger partial charge in [-0.1, -0.05) is 20.8 Å². The Morgan fingerprint density at radius 2 is 1.82 bits per heavy atom. The van der Waals surface area contributed by atoms with Gasteiger partial charge in [0, 0.05) is 45.7 Å². The first-order valence-electron chi connectivity index (χ1n) is 8.23. The van der Waals surface area contributed by atoms with E-state index >= 15 is 0 Å². The molecule has 2 fully saturated rings. The molecule has 0 radical (unpaired) electrons. The van der Waals surface area contributed by atoms with Crippen LogP contribution >= 0.6 is 0 Å². The molecule has 0 aromatic rings. The summed E-state index contributed by atoms with van der Waals surface area (Å²) in [7, 11) is 0. The summed E-state index contributed by atoms with van der Waals surface area (Å²) in [6, 6.07) is 0.